The lowest BCUT2D eigenvalue weighted by Crippen LogP contribution is -2.28. The fraction of sp³-hybridized carbons (Fsp3) is 0.375. The van der Waals surface area contributed by atoms with Gasteiger partial charge in [0.15, 0.2) is 11.0 Å². The number of carbonyl (C=O) groups is 1. The van der Waals surface area contributed by atoms with Crippen molar-refractivity contribution in [2.75, 3.05) is 5.75 Å². The predicted octanol–water partition coefficient (Wildman–Crippen LogP) is 5.22. The van der Waals surface area contributed by atoms with Gasteiger partial charge in [0, 0.05) is 12.1 Å². The number of rotatable bonds is 10. The first-order chi connectivity index (χ1) is 15.3. The van der Waals surface area contributed by atoms with Crippen molar-refractivity contribution in [1.29, 1.82) is 0 Å². The molecule has 0 saturated carbocycles. The molecule has 6 nitrogen and oxygen atoms in total. The van der Waals surface area contributed by atoms with E-state index in [-0.39, 0.29) is 24.3 Å². The highest BCUT2D eigenvalue weighted by Gasteiger charge is 2.14. The summed E-state index contributed by atoms with van der Waals surface area (Å²) in [6.45, 7) is 6.69. The lowest BCUT2D eigenvalue weighted by atomic mass is 10.00. The standard InChI is InChI=1S/C24H29ClN4O2S/c1-16(2)13-18-5-7-19(8-6-18)17(3)26-23(30)15-32-24-28-27-22(29(24)4)14-31-21-11-9-20(25)10-12-21/h5-12,16-17H,13-15H2,1-4H3,(H,26,30). The van der Waals surface area contributed by atoms with Gasteiger partial charge in [-0.25, -0.2) is 0 Å². The van der Waals surface area contributed by atoms with Crippen LogP contribution in [0.15, 0.2) is 53.7 Å². The van der Waals surface area contributed by atoms with Crippen LogP contribution in [-0.4, -0.2) is 26.4 Å². The van der Waals surface area contributed by atoms with E-state index in [2.05, 4.69) is 53.6 Å². The fourth-order valence-electron chi connectivity index (χ4n) is 3.19. The monoisotopic (exact) mass is 472 g/mol. The van der Waals surface area contributed by atoms with Crippen LogP contribution in [0.4, 0.5) is 0 Å². The Hall–Kier alpha value is -2.51. The smallest absolute Gasteiger partial charge is 0.230 e. The average Bonchev–Trinajstić information content (AvgIpc) is 3.11. The van der Waals surface area contributed by atoms with Gasteiger partial charge in [0.1, 0.15) is 12.4 Å². The van der Waals surface area contributed by atoms with Gasteiger partial charge in [-0.3, -0.25) is 4.79 Å². The molecule has 1 atom stereocenters. The topological polar surface area (TPSA) is 69.0 Å². The molecule has 2 aromatic carbocycles. The van der Waals surface area contributed by atoms with E-state index in [1.165, 1.54) is 17.3 Å². The Morgan fingerprint density at radius 3 is 2.44 bits per heavy atom. The molecule has 1 amide bonds. The van der Waals surface area contributed by atoms with Crippen LogP contribution >= 0.6 is 23.4 Å². The van der Waals surface area contributed by atoms with Crippen LogP contribution in [0.3, 0.4) is 0 Å². The zero-order valence-corrected chi connectivity index (χ0v) is 20.4. The summed E-state index contributed by atoms with van der Waals surface area (Å²) in [6, 6.07) is 15.5. The van der Waals surface area contributed by atoms with E-state index in [4.69, 9.17) is 16.3 Å². The second kappa shape index (κ2) is 11.4. The Labute approximate surface area is 198 Å². The van der Waals surface area contributed by atoms with Gasteiger partial charge in [-0.2, -0.15) is 0 Å². The van der Waals surface area contributed by atoms with Gasteiger partial charge in [-0.1, -0.05) is 61.5 Å². The number of aromatic nitrogens is 3. The second-order valence-electron chi connectivity index (χ2n) is 8.12. The van der Waals surface area contributed by atoms with E-state index >= 15 is 0 Å². The van der Waals surface area contributed by atoms with Crippen molar-refractivity contribution in [3.05, 3.63) is 70.5 Å². The van der Waals surface area contributed by atoms with Gasteiger partial charge < -0.3 is 14.6 Å². The van der Waals surface area contributed by atoms with E-state index in [1.807, 2.05) is 18.5 Å². The molecule has 1 unspecified atom stereocenters. The van der Waals surface area contributed by atoms with Crippen LogP contribution in [0.2, 0.25) is 5.02 Å². The molecule has 0 saturated heterocycles. The van der Waals surface area contributed by atoms with Gasteiger partial charge in [0.2, 0.25) is 5.91 Å². The van der Waals surface area contributed by atoms with E-state index in [0.29, 0.717) is 27.7 Å². The number of hydrogen-bond acceptors (Lipinski definition) is 5. The summed E-state index contributed by atoms with van der Waals surface area (Å²) < 4.78 is 7.57. The van der Waals surface area contributed by atoms with Crippen LogP contribution in [0, 0.1) is 5.92 Å². The van der Waals surface area contributed by atoms with Crippen LogP contribution in [-0.2, 0) is 24.9 Å². The number of benzene rings is 2. The summed E-state index contributed by atoms with van der Waals surface area (Å²) in [4.78, 5) is 12.4. The number of halogens is 1. The summed E-state index contributed by atoms with van der Waals surface area (Å²) >= 11 is 7.24. The number of ether oxygens (including phenoxy) is 1. The first kappa shape index (κ1) is 24.1. The summed E-state index contributed by atoms with van der Waals surface area (Å²) in [5, 5.41) is 12.7. The first-order valence-electron chi connectivity index (χ1n) is 10.6. The highest BCUT2D eigenvalue weighted by Crippen LogP contribution is 2.20. The van der Waals surface area contributed by atoms with Crippen LogP contribution < -0.4 is 10.1 Å². The van der Waals surface area contributed by atoms with Crippen molar-refractivity contribution >= 4 is 29.3 Å². The molecule has 0 aliphatic carbocycles. The van der Waals surface area contributed by atoms with Crippen molar-refractivity contribution in [2.24, 2.45) is 13.0 Å². The molecule has 3 aromatic rings. The summed E-state index contributed by atoms with van der Waals surface area (Å²) in [6.07, 6.45) is 1.06. The van der Waals surface area contributed by atoms with Crippen LogP contribution in [0.5, 0.6) is 5.75 Å². The minimum Gasteiger partial charge on any atom is -0.486 e. The highest BCUT2D eigenvalue weighted by atomic mass is 35.5. The van der Waals surface area contributed by atoms with Crippen molar-refractivity contribution in [1.82, 2.24) is 20.1 Å². The van der Waals surface area contributed by atoms with Crippen molar-refractivity contribution < 1.29 is 9.53 Å². The number of carbonyl (C=O) groups excluding carboxylic acids is 1. The van der Waals surface area contributed by atoms with E-state index in [9.17, 15) is 4.79 Å². The molecule has 0 aliphatic heterocycles. The molecule has 0 spiro atoms. The van der Waals surface area contributed by atoms with Crippen LogP contribution in [0.1, 0.15) is 43.8 Å². The number of thioether (sulfide) groups is 1. The first-order valence-corrected chi connectivity index (χ1v) is 12.0. The summed E-state index contributed by atoms with van der Waals surface area (Å²) in [5.74, 6) is 2.23. The van der Waals surface area contributed by atoms with E-state index < -0.39 is 0 Å². The number of amides is 1. The minimum atomic E-state index is -0.0565. The third-order valence-electron chi connectivity index (χ3n) is 4.94. The fourth-order valence-corrected chi connectivity index (χ4v) is 4.05. The molecule has 8 heteroatoms. The van der Waals surface area contributed by atoms with Gasteiger partial charge >= 0.3 is 0 Å². The normalized spacial score (nSPS) is 12.1. The Bertz CT molecular complexity index is 1020. The number of nitrogens with one attached hydrogen (secondary N) is 1. The Balaban J connectivity index is 1.47. The number of nitrogens with zero attached hydrogens (tertiary/aromatic N) is 3. The molecule has 3 rings (SSSR count). The predicted molar refractivity (Wildman–Crippen MR) is 129 cm³/mol. The molecule has 1 heterocycles. The highest BCUT2D eigenvalue weighted by molar-refractivity contribution is 7.99. The van der Waals surface area contributed by atoms with Gasteiger partial charge in [-0.05, 0) is 54.7 Å². The largest absolute Gasteiger partial charge is 0.486 e. The number of hydrogen-bond donors (Lipinski definition) is 1. The zero-order valence-electron chi connectivity index (χ0n) is 18.8. The molecule has 0 bridgehead atoms. The van der Waals surface area contributed by atoms with Crippen molar-refractivity contribution in [2.45, 2.75) is 45.0 Å². The quantitative estimate of drug-likeness (QED) is 0.410. The molecule has 32 heavy (non-hydrogen) atoms. The molecule has 0 radical (unpaired) electrons. The lowest BCUT2D eigenvalue weighted by molar-refractivity contribution is -0.119. The Kier molecular flexibility index (Phi) is 8.59. The molecule has 1 aromatic heterocycles. The SMILES string of the molecule is CC(C)Cc1ccc(C(C)NC(=O)CSc2nnc(COc3ccc(Cl)cc3)n2C)cc1. The zero-order chi connectivity index (χ0) is 23.1. The van der Waals surface area contributed by atoms with Gasteiger partial charge in [0.05, 0.1) is 11.8 Å². The minimum absolute atomic E-state index is 0.0456. The van der Waals surface area contributed by atoms with E-state index in [1.54, 1.807) is 24.3 Å². The van der Waals surface area contributed by atoms with Gasteiger partial charge in [-0.15, -0.1) is 10.2 Å². The third kappa shape index (κ3) is 7.00. The molecular weight excluding hydrogens is 444 g/mol. The second-order valence-corrected chi connectivity index (χ2v) is 9.50. The Morgan fingerprint density at radius 2 is 1.78 bits per heavy atom. The van der Waals surface area contributed by atoms with Crippen molar-refractivity contribution in [3.8, 4) is 5.75 Å². The average molecular weight is 473 g/mol. The van der Waals surface area contributed by atoms with E-state index in [0.717, 1.165) is 12.0 Å². The molecule has 170 valence electrons. The summed E-state index contributed by atoms with van der Waals surface area (Å²) in [5.41, 5.74) is 2.41. The maximum absolute atomic E-state index is 12.4. The molecule has 0 aliphatic rings. The summed E-state index contributed by atoms with van der Waals surface area (Å²) in [7, 11) is 1.86. The molecule has 0 fully saturated rings. The maximum Gasteiger partial charge on any atom is 0.230 e. The third-order valence-corrected chi connectivity index (χ3v) is 6.21. The van der Waals surface area contributed by atoms with Crippen molar-refractivity contribution in [3.63, 3.8) is 0 Å². The molecule has 1 N–H and O–H groups in total. The van der Waals surface area contributed by atoms with Crippen LogP contribution in [0.25, 0.3) is 0 Å². The molecular formula is C24H29ClN4O2S. The van der Waals surface area contributed by atoms with Gasteiger partial charge in [0.25, 0.3) is 0 Å². The maximum atomic E-state index is 12.4. The lowest BCUT2D eigenvalue weighted by Gasteiger charge is -2.15. The Morgan fingerprint density at radius 1 is 1.09 bits per heavy atom.